The van der Waals surface area contributed by atoms with Gasteiger partial charge in [0, 0.05) is 0 Å². The lowest BCUT2D eigenvalue weighted by Gasteiger charge is -2.50. The maximum atomic E-state index is 12.8. The average Bonchev–Trinajstić information content (AvgIpc) is 3.15. The zero-order chi connectivity index (χ0) is 13.2. The molecule has 0 aromatic heterocycles. The van der Waals surface area contributed by atoms with Gasteiger partial charge in [0.1, 0.15) is 5.78 Å². The molecule has 0 heterocycles. The van der Waals surface area contributed by atoms with Crippen LogP contribution < -0.4 is 0 Å². The number of rotatable bonds is 3. The number of hydrogen-bond donors (Lipinski definition) is 0. The molecule has 4 fully saturated rings. The normalized spacial score (nSPS) is 60.7. The van der Waals surface area contributed by atoms with Crippen molar-refractivity contribution in [1.82, 2.24) is 0 Å². The van der Waals surface area contributed by atoms with Gasteiger partial charge in [0.15, 0.2) is 5.78 Å². The monoisotopic (exact) mass is 274 g/mol. The number of Topliss-reactive ketones (excluding diaryl/α,β-unsaturated/α-hetero) is 2. The summed E-state index contributed by atoms with van der Waals surface area (Å²) in [5.41, 5.74) is -0.943. The SMILES string of the molecule is CC(=O)C12[C@@H]3C=C[C@@H]4[C@H]3[C@H]3[C@@H]1C=C[C@@H]3C42C(=O)CCl. The van der Waals surface area contributed by atoms with Gasteiger partial charge in [-0.05, 0) is 42.4 Å². The molecule has 0 saturated heterocycles. The Kier molecular flexibility index (Phi) is 1.58. The topological polar surface area (TPSA) is 34.1 Å². The van der Waals surface area contributed by atoms with Crippen LogP contribution in [0.4, 0.5) is 0 Å². The smallest absolute Gasteiger partial charge is 0.155 e. The molecule has 2 unspecified atom stereocenters. The van der Waals surface area contributed by atoms with E-state index in [9.17, 15) is 9.59 Å². The number of halogens is 1. The van der Waals surface area contributed by atoms with Crippen molar-refractivity contribution in [1.29, 1.82) is 0 Å². The average molecular weight is 275 g/mol. The van der Waals surface area contributed by atoms with Gasteiger partial charge in [-0.3, -0.25) is 9.59 Å². The number of ketones is 2. The first-order valence-corrected chi connectivity index (χ1v) is 7.63. The Hall–Kier alpha value is -0.890. The summed E-state index contributed by atoms with van der Waals surface area (Å²) >= 11 is 5.93. The van der Waals surface area contributed by atoms with Crippen LogP contribution in [-0.4, -0.2) is 17.4 Å². The zero-order valence-corrected chi connectivity index (χ0v) is 11.4. The third-order valence-electron chi connectivity index (χ3n) is 7.11. The van der Waals surface area contributed by atoms with E-state index in [4.69, 9.17) is 11.6 Å². The second-order valence-electron chi connectivity index (χ2n) is 6.88. The summed E-state index contributed by atoms with van der Waals surface area (Å²) in [5.74, 6) is 2.52. The van der Waals surface area contributed by atoms with Gasteiger partial charge in [-0.2, -0.15) is 0 Å². The lowest BCUT2D eigenvalue weighted by molar-refractivity contribution is -0.150. The molecule has 3 heteroatoms. The van der Waals surface area contributed by atoms with Crippen molar-refractivity contribution < 1.29 is 9.59 Å². The van der Waals surface area contributed by atoms with Gasteiger partial charge in [-0.25, -0.2) is 0 Å². The van der Waals surface area contributed by atoms with Crippen LogP contribution in [0.3, 0.4) is 0 Å². The summed E-state index contributed by atoms with van der Waals surface area (Å²) in [7, 11) is 0. The van der Waals surface area contributed by atoms with Gasteiger partial charge in [0.25, 0.3) is 0 Å². The van der Waals surface area contributed by atoms with Crippen molar-refractivity contribution in [2.45, 2.75) is 6.92 Å². The largest absolute Gasteiger partial charge is 0.299 e. The molecule has 4 saturated carbocycles. The van der Waals surface area contributed by atoms with E-state index >= 15 is 0 Å². The molecule has 2 nitrogen and oxygen atoms in total. The number of alkyl halides is 1. The molecule has 98 valence electrons. The van der Waals surface area contributed by atoms with E-state index < -0.39 is 10.8 Å². The molecular formula is C16H15ClO2. The molecule has 6 aliphatic carbocycles. The highest BCUT2D eigenvalue weighted by Crippen LogP contribution is 2.89. The van der Waals surface area contributed by atoms with Gasteiger partial charge >= 0.3 is 0 Å². The highest BCUT2D eigenvalue weighted by Gasteiger charge is 2.91. The lowest BCUT2D eigenvalue weighted by atomic mass is 9.50. The first kappa shape index (κ1) is 10.8. The number of hydrogen-bond acceptors (Lipinski definition) is 2. The minimum atomic E-state index is -0.491. The highest BCUT2D eigenvalue weighted by atomic mass is 35.5. The van der Waals surface area contributed by atoms with Crippen molar-refractivity contribution in [3.8, 4) is 0 Å². The molecule has 0 spiro atoms. The quantitative estimate of drug-likeness (QED) is 0.584. The summed E-state index contributed by atoms with van der Waals surface area (Å²) in [6, 6.07) is 0. The van der Waals surface area contributed by atoms with Crippen LogP contribution in [0.5, 0.6) is 0 Å². The molecule has 19 heavy (non-hydrogen) atoms. The van der Waals surface area contributed by atoms with E-state index in [0.717, 1.165) is 0 Å². The zero-order valence-electron chi connectivity index (χ0n) is 10.7. The van der Waals surface area contributed by atoms with Crippen LogP contribution in [0.2, 0.25) is 0 Å². The van der Waals surface area contributed by atoms with E-state index in [1.165, 1.54) is 0 Å². The van der Waals surface area contributed by atoms with E-state index in [1.807, 2.05) is 0 Å². The fraction of sp³-hybridized carbons (Fsp3) is 0.625. The first-order chi connectivity index (χ1) is 9.13. The number of allylic oxidation sites excluding steroid dienone is 4. The van der Waals surface area contributed by atoms with E-state index in [0.29, 0.717) is 23.7 Å². The van der Waals surface area contributed by atoms with Gasteiger partial charge in [0.05, 0.1) is 16.7 Å². The highest BCUT2D eigenvalue weighted by molar-refractivity contribution is 6.29. The third-order valence-corrected chi connectivity index (χ3v) is 7.35. The Morgan fingerprint density at radius 3 is 1.74 bits per heavy atom. The van der Waals surface area contributed by atoms with Crippen LogP contribution in [0.15, 0.2) is 24.3 Å². The lowest BCUT2D eigenvalue weighted by Crippen LogP contribution is -2.57. The van der Waals surface area contributed by atoms with Gasteiger partial charge in [-0.15, -0.1) is 11.6 Å². The summed E-state index contributed by atoms with van der Waals surface area (Å²) in [5, 5.41) is 0. The molecule has 6 rings (SSSR count). The van der Waals surface area contributed by atoms with E-state index in [1.54, 1.807) is 6.92 Å². The first-order valence-electron chi connectivity index (χ1n) is 7.10. The van der Waals surface area contributed by atoms with E-state index in [2.05, 4.69) is 24.3 Å². The molecule has 8 atom stereocenters. The second kappa shape index (κ2) is 2.76. The minimum Gasteiger partial charge on any atom is -0.299 e. The molecule has 0 aromatic rings. The fourth-order valence-corrected chi connectivity index (χ4v) is 7.46. The number of carbonyl (C=O) groups excluding carboxylic acids is 2. The van der Waals surface area contributed by atoms with E-state index in [-0.39, 0.29) is 29.3 Å². The Labute approximate surface area is 116 Å². The minimum absolute atomic E-state index is 0.0442. The van der Waals surface area contributed by atoms with Crippen LogP contribution >= 0.6 is 11.6 Å². The third kappa shape index (κ3) is 0.674. The summed E-state index contributed by atoms with van der Waals surface area (Å²) in [6.07, 6.45) is 8.87. The Balaban J connectivity index is 1.89. The molecule has 8 bridgehead atoms. The second-order valence-corrected chi connectivity index (χ2v) is 7.15. The van der Waals surface area contributed by atoms with Crippen LogP contribution in [-0.2, 0) is 9.59 Å². The summed E-state index contributed by atoms with van der Waals surface area (Å²) in [6.45, 7) is 1.69. The van der Waals surface area contributed by atoms with Gasteiger partial charge in [-0.1, -0.05) is 24.3 Å². The number of carbonyl (C=O) groups is 2. The predicted molar refractivity (Wildman–Crippen MR) is 70.5 cm³/mol. The van der Waals surface area contributed by atoms with Crippen LogP contribution in [0.1, 0.15) is 6.92 Å². The maximum absolute atomic E-state index is 12.8. The predicted octanol–water partition coefficient (Wildman–Crippen LogP) is 2.23. The fourth-order valence-electron chi connectivity index (χ4n) is 7.24. The molecule has 0 N–H and O–H groups in total. The van der Waals surface area contributed by atoms with Crippen molar-refractivity contribution in [3.63, 3.8) is 0 Å². The van der Waals surface area contributed by atoms with Crippen molar-refractivity contribution in [2.24, 2.45) is 46.3 Å². The maximum Gasteiger partial charge on any atom is 0.155 e. The molecular weight excluding hydrogens is 260 g/mol. The summed E-state index contributed by atoms with van der Waals surface area (Å²) in [4.78, 5) is 25.4. The molecule has 0 radical (unpaired) electrons. The summed E-state index contributed by atoms with van der Waals surface area (Å²) < 4.78 is 0. The van der Waals surface area contributed by atoms with Crippen molar-refractivity contribution in [3.05, 3.63) is 24.3 Å². The Bertz CT molecular complexity index is 570. The molecule has 6 aliphatic rings. The standard InChI is InChI=1S/C16H15ClO2/c1-7(18)15-8-2-4-10-13(8)14-9(15)3-5-11(14)16(10,15)12(19)6-17/h2-5,8-11,13-14H,6H2,1H3/t8-,9+,10-,11+,13-,14-,15?,16?/m0/s1. The Morgan fingerprint density at radius 1 is 0.947 bits per heavy atom. The van der Waals surface area contributed by atoms with Gasteiger partial charge in [0.2, 0.25) is 0 Å². The van der Waals surface area contributed by atoms with Crippen molar-refractivity contribution >= 4 is 23.2 Å². The van der Waals surface area contributed by atoms with Crippen molar-refractivity contribution in [2.75, 3.05) is 5.88 Å². The Morgan fingerprint density at radius 2 is 1.37 bits per heavy atom. The molecule has 0 aromatic carbocycles. The van der Waals surface area contributed by atoms with Crippen LogP contribution in [0, 0.1) is 46.3 Å². The molecule has 0 aliphatic heterocycles. The molecule has 0 amide bonds. The van der Waals surface area contributed by atoms with Gasteiger partial charge < -0.3 is 0 Å². The van der Waals surface area contributed by atoms with Crippen LogP contribution in [0.25, 0.3) is 0 Å².